The fourth-order valence-electron chi connectivity index (χ4n) is 1.22. The summed E-state index contributed by atoms with van der Waals surface area (Å²) in [6.07, 6.45) is 0.362. The molecule has 1 aromatic rings. The Morgan fingerprint density at radius 2 is 2.19 bits per heavy atom. The highest BCUT2D eigenvalue weighted by atomic mass is 16.5. The lowest BCUT2D eigenvalue weighted by atomic mass is 10.3. The second-order valence-electron chi connectivity index (χ2n) is 3.51. The normalized spacial score (nSPS) is 12.2. The van der Waals surface area contributed by atoms with Gasteiger partial charge in [0.15, 0.2) is 0 Å². The average Bonchev–Trinajstić information content (AvgIpc) is 2.25. The largest absolute Gasteiger partial charge is 0.478 e. The molecule has 0 aliphatic heterocycles. The molecule has 1 rings (SSSR count). The van der Waals surface area contributed by atoms with Gasteiger partial charge in [-0.1, -0.05) is 6.92 Å². The fourth-order valence-corrected chi connectivity index (χ4v) is 1.22. The quantitative estimate of drug-likeness (QED) is 0.765. The van der Waals surface area contributed by atoms with Crippen LogP contribution in [-0.4, -0.2) is 34.3 Å². The van der Waals surface area contributed by atoms with Crippen molar-refractivity contribution in [2.24, 2.45) is 0 Å². The summed E-state index contributed by atoms with van der Waals surface area (Å²) in [7, 11) is 0. The van der Waals surface area contributed by atoms with Crippen molar-refractivity contribution in [1.29, 1.82) is 0 Å². The molecular formula is C11H19N3O2. The average molecular weight is 225 g/mol. The molecule has 5 nitrogen and oxygen atoms in total. The van der Waals surface area contributed by atoms with Gasteiger partial charge >= 0.3 is 0 Å². The second kappa shape index (κ2) is 6.27. The molecule has 0 aliphatic rings. The van der Waals surface area contributed by atoms with Gasteiger partial charge in [-0.25, -0.2) is 4.98 Å². The second-order valence-corrected chi connectivity index (χ2v) is 3.51. The van der Waals surface area contributed by atoms with Crippen LogP contribution < -0.4 is 10.1 Å². The van der Waals surface area contributed by atoms with Crippen LogP contribution in [0.5, 0.6) is 5.88 Å². The van der Waals surface area contributed by atoms with Crippen LogP contribution in [-0.2, 0) is 0 Å². The Labute approximate surface area is 95.9 Å². The summed E-state index contributed by atoms with van der Waals surface area (Å²) in [5.41, 5.74) is 0. The maximum absolute atomic E-state index is 9.42. The van der Waals surface area contributed by atoms with E-state index >= 15 is 0 Å². The predicted molar refractivity (Wildman–Crippen MR) is 62.7 cm³/mol. The molecule has 16 heavy (non-hydrogen) atoms. The minimum absolute atomic E-state index is 0.356. The highest BCUT2D eigenvalue weighted by molar-refractivity contribution is 5.38. The van der Waals surface area contributed by atoms with E-state index in [-0.39, 0.29) is 6.10 Å². The highest BCUT2D eigenvalue weighted by Crippen LogP contribution is 2.13. The fraction of sp³-hybridized carbons (Fsp3) is 0.636. The van der Waals surface area contributed by atoms with Crippen molar-refractivity contribution in [2.75, 3.05) is 18.5 Å². The third-order valence-corrected chi connectivity index (χ3v) is 2.10. The van der Waals surface area contributed by atoms with Crippen LogP contribution in [0.4, 0.5) is 5.82 Å². The van der Waals surface area contributed by atoms with Crippen LogP contribution >= 0.6 is 0 Å². The van der Waals surface area contributed by atoms with E-state index in [0.717, 1.165) is 6.42 Å². The number of rotatable bonds is 6. The molecule has 0 saturated carbocycles. The Morgan fingerprint density at radius 3 is 2.81 bits per heavy atom. The monoisotopic (exact) mass is 225 g/mol. The first-order chi connectivity index (χ1) is 7.65. The van der Waals surface area contributed by atoms with Gasteiger partial charge in [0, 0.05) is 12.6 Å². The Balaban J connectivity index is 2.64. The lowest BCUT2D eigenvalue weighted by Crippen LogP contribution is -2.19. The summed E-state index contributed by atoms with van der Waals surface area (Å²) in [5.74, 6) is 1.89. The van der Waals surface area contributed by atoms with Gasteiger partial charge in [-0.3, -0.25) is 0 Å². The topological polar surface area (TPSA) is 67.3 Å². The third kappa shape index (κ3) is 4.02. The molecule has 1 heterocycles. The van der Waals surface area contributed by atoms with Crippen molar-refractivity contribution in [3.63, 3.8) is 0 Å². The summed E-state index contributed by atoms with van der Waals surface area (Å²) in [6, 6.07) is 1.74. The van der Waals surface area contributed by atoms with Crippen LogP contribution in [0.3, 0.4) is 0 Å². The number of aryl methyl sites for hydroxylation is 1. The first-order valence-corrected chi connectivity index (χ1v) is 5.56. The van der Waals surface area contributed by atoms with Crippen LogP contribution in [0, 0.1) is 6.92 Å². The Bertz CT molecular complexity index is 331. The molecule has 90 valence electrons. The van der Waals surface area contributed by atoms with Crippen molar-refractivity contribution in [3.8, 4) is 5.88 Å². The molecule has 0 aromatic carbocycles. The predicted octanol–water partition coefficient (Wildman–Crippen LogP) is 1.37. The Hall–Kier alpha value is -1.36. The molecule has 5 heteroatoms. The molecule has 0 spiro atoms. The molecule has 0 saturated heterocycles. The minimum atomic E-state index is -0.356. The van der Waals surface area contributed by atoms with Crippen molar-refractivity contribution in [2.45, 2.75) is 33.3 Å². The molecule has 0 bridgehead atoms. The zero-order chi connectivity index (χ0) is 12.0. The van der Waals surface area contributed by atoms with E-state index in [4.69, 9.17) is 4.74 Å². The number of nitrogens with zero attached hydrogens (tertiary/aromatic N) is 2. The van der Waals surface area contributed by atoms with E-state index in [0.29, 0.717) is 30.7 Å². The molecule has 2 N–H and O–H groups in total. The van der Waals surface area contributed by atoms with Crippen molar-refractivity contribution >= 4 is 5.82 Å². The summed E-state index contributed by atoms with van der Waals surface area (Å²) < 4.78 is 5.31. The summed E-state index contributed by atoms with van der Waals surface area (Å²) in [5, 5.41) is 12.5. The van der Waals surface area contributed by atoms with E-state index in [2.05, 4.69) is 15.3 Å². The van der Waals surface area contributed by atoms with E-state index in [1.165, 1.54) is 0 Å². The molecule has 1 unspecified atom stereocenters. The van der Waals surface area contributed by atoms with E-state index in [1.54, 1.807) is 6.07 Å². The molecule has 1 atom stereocenters. The van der Waals surface area contributed by atoms with Gasteiger partial charge < -0.3 is 15.2 Å². The number of aliphatic hydroxyl groups is 1. The molecule has 0 fully saturated rings. The zero-order valence-electron chi connectivity index (χ0n) is 10.0. The molecule has 0 aliphatic carbocycles. The lowest BCUT2D eigenvalue weighted by Gasteiger charge is -2.11. The van der Waals surface area contributed by atoms with Gasteiger partial charge in [0.25, 0.3) is 0 Å². The number of hydrogen-bond acceptors (Lipinski definition) is 5. The highest BCUT2D eigenvalue weighted by Gasteiger charge is 2.04. The standard InChI is InChI=1S/C11H19N3O2/c1-4-9(15)7-12-10-6-11(16-5-2)14-8(3)13-10/h6,9,15H,4-5,7H2,1-3H3,(H,12,13,14). The summed E-state index contributed by atoms with van der Waals surface area (Å²) >= 11 is 0. The van der Waals surface area contributed by atoms with E-state index < -0.39 is 0 Å². The SMILES string of the molecule is CCOc1cc(NCC(O)CC)nc(C)n1. The van der Waals surface area contributed by atoms with Crippen LogP contribution in [0.1, 0.15) is 26.1 Å². The maximum atomic E-state index is 9.42. The minimum Gasteiger partial charge on any atom is -0.478 e. The first-order valence-electron chi connectivity index (χ1n) is 5.56. The van der Waals surface area contributed by atoms with Gasteiger partial charge in [-0.2, -0.15) is 4.98 Å². The van der Waals surface area contributed by atoms with Crippen LogP contribution in [0.25, 0.3) is 0 Å². The van der Waals surface area contributed by atoms with Gasteiger partial charge in [0.1, 0.15) is 11.6 Å². The summed E-state index contributed by atoms with van der Waals surface area (Å²) in [6.45, 7) is 6.71. The smallest absolute Gasteiger partial charge is 0.218 e. The van der Waals surface area contributed by atoms with Gasteiger partial charge in [0.2, 0.25) is 5.88 Å². The molecular weight excluding hydrogens is 206 g/mol. The van der Waals surface area contributed by atoms with Gasteiger partial charge in [-0.05, 0) is 20.3 Å². The first kappa shape index (κ1) is 12.7. The maximum Gasteiger partial charge on any atom is 0.218 e. The lowest BCUT2D eigenvalue weighted by molar-refractivity contribution is 0.183. The number of anilines is 1. The Kier molecular flexibility index (Phi) is 4.98. The van der Waals surface area contributed by atoms with E-state index in [9.17, 15) is 5.11 Å². The Morgan fingerprint density at radius 1 is 1.44 bits per heavy atom. The number of ether oxygens (including phenoxy) is 1. The van der Waals surface area contributed by atoms with Crippen molar-refractivity contribution in [3.05, 3.63) is 11.9 Å². The number of aliphatic hydroxyl groups excluding tert-OH is 1. The molecule has 1 aromatic heterocycles. The van der Waals surface area contributed by atoms with Gasteiger partial charge in [-0.15, -0.1) is 0 Å². The number of hydrogen-bond donors (Lipinski definition) is 2. The zero-order valence-corrected chi connectivity index (χ0v) is 10.0. The van der Waals surface area contributed by atoms with Crippen LogP contribution in [0.15, 0.2) is 6.07 Å². The van der Waals surface area contributed by atoms with Crippen LogP contribution in [0.2, 0.25) is 0 Å². The number of nitrogens with one attached hydrogen (secondary N) is 1. The van der Waals surface area contributed by atoms with Gasteiger partial charge in [0.05, 0.1) is 12.7 Å². The van der Waals surface area contributed by atoms with Crippen molar-refractivity contribution in [1.82, 2.24) is 9.97 Å². The van der Waals surface area contributed by atoms with E-state index in [1.807, 2.05) is 20.8 Å². The van der Waals surface area contributed by atoms with Crippen molar-refractivity contribution < 1.29 is 9.84 Å². The number of aromatic nitrogens is 2. The summed E-state index contributed by atoms with van der Waals surface area (Å²) in [4.78, 5) is 8.34. The third-order valence-electron chi connectivity index (χ3n) is 2.10. The molecule has 0 radical (unpaired) electrons. The molecule has 0 amide bonds.